The fourth-order valence-corrected chi connectivity index (χ4v) is 1.87. The van der Waals surface area contributed by atoms with Gasteiger partial charge >= 0.3 is 5.97 Å². The van der Waals surface area contributed by atoms with Crippen molar-refractivity contribution >= 4 is 11.9 Å². The molecule has 1 aromatic carbocycles. The zero-order valence-corrected chi connectivity index (χ0v) is 11.9. The summed E-state index contributed by atoms with van der Waals surface area (Å²) in [6.45, 7) is 3.59. The van der Waals surface area contributed by atoms with Gasteiger partial charge in [0.25, 0.3) is 0 Å². The summed E-state index contributed by atoms with van der Waals surface area (Å²) in [5.41, 5.74) is 6.30. The minimum Gasteiger partial charge on any atom is -0.481 e. The number of amides is 1. The van der Waals surface area contributed by atoms with Gasteiger partial charge in [0.2, 0.25) is 5.91 Å². The van der Waals surface area contributed by atoms with Crippen LogP contribution in [0.15, 0.2) is 30.3 Å². The first-order chi connectivity index (χ1) is 9.30. The molecule has 1 rings (SSSR count). The molecule has 0 saturated heterocycles. The first-order valence-electron chi connectivity index (χ1n) is 6.63. The summed E-state index contributed by atoms with van der Waals surface area (Å²) < 4.78 is 0. The summed E-state index contributed by atoms with van der Waals surface area (Å²) in [5.74, 6) is -1.13. The van der Waals surface area contributed by atoms with E-state index in [1.165, 1.54) is 0 Å². The molecule has 0 unspecified atom stereocenters. The quantitative estimate of drug-likeness (QED) is 0.701. The molecule has 20 heavy (non-hydrogen) atoms. The van der Waals surface area contributed by atoms with Crippen molar-refractivity contribution < 1.29 is 14.7 Å². The Balaban J connectivity index is 2.50. The normalized spacial score (nSPS) is 12.8. The van der Waals surface area contributed by atoms with Gasteiger partial charge in [-0.2, -0.15) is 0 Å². The molecule has 5 heteroatoms. The van der Waals surface area contributed by atoms with Crippen LogP contribution in [0, 0.1) is 0 Å². The largest absolute Gasteiger partial charge is 0.481 e. The van der Waals surface area contributed by atoms with Crippen molar-refractivity contribution in [1.29, 1.82) is 0 Å². The maximum Gasteiger partial charge on any atom is 0.303 e. The van der Waals surface area contributed by atoms with Crippen LogP contribution in [0.3, 0.4) is 0 Å². The first-order valence-corrected chi connectivity index (χ1v) is 6.63. The molecule has 4 N–H and O–H groups in total. The Morgan fingerprint density at radius 3 is 2.45 bits per heavy atom. The first kappa shape index (κ1) is 16.2. The van der Waals surface area contributed by atoms with Gasteiger partial charge in [-0.1, -0.05) is 30.3 Å². The summed E-state index contributed by atoms with van der Waals surface area (Å²) in [6.07, 6.45) is 0.842. The molecule has 1 atom stereocenters. The third-order valence-electron chi connectivity index (χ3n) is 3.06. The molecule has 0 heterocycles. The maximum absolute atomic E-state index is 12.0. The molecular formula is C15H22N2O3. The van der Waals surface area contributed by atoms with Crippen LogP contribution in [0.2, 0.25) is 0 Å². The van der Waals surface area contributed by atoms with Crippen molar-refractivity contribution in [3.05, 3.63) is 35.9 Å². The van der Waals surface area contributed by atoms with E-state index < -0.39 is 17.6 Å². The van der Waals surface area contributed by atoms with E-state index in [0.717, 1.165) is 5.56 Å². The highest BCUT2D eigenvalue weighted by molar-refractivity contribution is 5.82. The summed E-state index contributed by atoms with van der Waals surface area (Å²) in [7, 11) is 0. The predicted octanol–water partition coefficient (Wildman–Crippen LogP) is 1.32. The van der Waals surface area contributed by atoms with Crippen molar-refractivity contribution in [1.82, 2.24) is 5.32 Å². The van der Waals surface area contributed by atoms with Crippen LogP contribution in [0.4, 0.5) is 0 Å². The molecule has 5 nitrogen and oxygen atoms in total. The van der Waals surface area contributed by atoms with E-state index in [2.05, 4.69) is 5.32 Å². The zero-order chi connectivity index (χ0) is 15.2. The lowest BCUT2D eigenvalue weighted by molar-refractivity contribution is -0.137. The number of rotatable bonds is 7. The molecule has 0 spiro atoms. The van der Waals surface area contributed by atoms with Crippen molar-refractivity contribution in [2.45, 2.75) is 44.7 Å². The third-order valence-corrected chi connectivity index (χ3v) is 3.06. The molecule has 0 aliphatic rings. The smallest absolute Gasteiger partial charge is 0.303 e. The van der Waals surface area contributed by atoms with Gasteiger partial charge in [0.1, 0.15) is 0 Å². The average molecular weight is 278 g/mol. The number of hydrogen-bond acceptors (Lipinski definition) is 3. The maximum atomic E-state index is 12.0. The van der Waals surface area contributed by atoms with E-state index in [4.69, 9.17) is 10.8 Å². The molecule has 0 radical (unpaired) electrons. The predicted molar refractivity (Wildman–Crippen MR) is 77.2 cm³/mol. The number of nitrogens with two attached hydrogens (primary N) is 1. The van der Waals surface area contributed by atoms with Gasteiger partial charge in [-0.3, -0.25) is 9.59 Å². The van der Waals surface area contributed by atoms with E-state index in [9.17, 15) is 9.59 Å². The Morgan fingerprint density at radius 1 is 1.30 bits per heavy atom. The van der Waals surface area contributed by atoms with Crippen LogP contribution in [0.1, 0.15) is 32.3 Å². The molecule has 110 valence electrons. The van der Waals surface area contributed by atoms with Crippen molar-refractivity contribution in [3.8, 4) is 0 Å². The number of aliphatic carboxylic acids is 1. The minimum atomic E-state index is -0.874. The number of carboxylic acid groups (broad SMARTS) is 1. The molecule has 1 aromatic rings. The topological polar surface area (TPSA) is 92.4 Å². The fraction of sp³-hybridized carbons (Fsp3) is 0.467. The minimum absolute atomic E-state index is 0.0151. The molecule has 0 bridgehead atoms. The second-order valence-corrected chi connectivity index (χ2v) is 5.56. The molecule has 0 aliphatic carbocycles. The van der Waals surface area contributed by atoms with Crippen LogP contribution in [-0.4, -0.2) is 28.6 Å². The van der Waals surface area contributed by atoms with Gasteiger partial charge < -0.3 is 16.2 Å². The highest BCUT2D eigenvalue weighted by Crippen LogP contribution is 2.12. The van der Waals surface area contributed by atoms with E-state index in [0.29, 0.717) is 12.8 Å². The number of benzene rings is 1. The lowest BCUT2D eigenvalue weighted by Crippen LogP contribution is -2.51. The summed E-state index contributed by atoms with van der Waals surface area (Å²) >= 11 is 0. The van der Waals surface area contributed by atoms with Crippen LogP contribution < -0.4 is 11.1 Å². The van der Waals surface area contributed by atoms with Gasteiger partial charge in [-0.15, -0.1) is 0 Å². The zero-order valence-electron chi connectivity index (χ0n) is 11.9. The Bertz CT molecular complexity index is 457. The highest BCUT2D eigenvalue weighted by Gasteiger charge is 2.24. The van der Waals surface area contributed by atoms with Gasteiger partial charge in [0.05, 0.1) is 6.04 Å². The van der Waals surface area contributed by atoms with Crippen molar-refractivity contribution in [2.75, 3.05) is 0 Å². The lowest BCUT2D eigenvalue weighted by atomic mass is 9.97. The number of nitrogens with one attached hydrogen (secondary N) is 1. The number of carbonyl (C=O) groups is 2. The van der Waals surface area contributed by atoms with Crippen molar-refractivity contribution in [2.24, 2.45) is 5.73 Å². The SMILES string of the molecule is CC(C)(CCC(=O)O)NC(=O)[C@@H](N)Cc1ccccc1. The number of carbonyl (C=O) groups excluding carboxylic acids is 1. The fourth-order valence-electron chi connectivity index (χ4n) is 1.87. The molecule has 1 amide bonds. The van der Waals surface area contributed by atoms with Crippen LogP contribution in [0.25, 0.3) is 0 Å². The third kappa shape index (κ3) is 5.84. The van der Waals surface area contributed by atoms with Crippen LogP contribution >= 0.6 is 0 Å². The summed E-state index contributed by atoms with van der Waals surface area (Å²) in [5, 5.41) is 11.5. The van der Waals surface area contributed by atoms with Gasteiger partial charge in [0, 0.05) is 12.0 Å². The van der Waals surface area contributed by atoms with Gasteiger partial charge in [-0.05, 0) is 32.3 Å². The molecule has 0 aliphatic heterocycles. The monoisotopic (exact) mass is 278 g/mol. The summed E-state index contributed by atoms with van der Waals surface area (Å²) in [6, 6.07) is 8.91. The van der Waals surface area contributed by atoms with E-state index in [1.807, 2.05) is 30.3 Å². The Morgan fingerprint density at radius 2 is 1.90 bits per heavy atom. The van der Waals surface area contributed by atoms with Gasteiger partial charge in [0.15, 0.2) is 0 Å². The second kappa shape index (κ2) is 7.05. The number of hydrogen-bond donors (Lipinski definition) is 3. The standard InChI is InChI=1S/C15H22N2O3/c1-15(2,9-8-13(18)19)17-14(20)12(16)10-11-6-4-3-5-7-11/h3-7,12H,8-10,16H2,1-2H3,(H,17,20)(H,18,19)/t12-/m0/s1. The van der Waals surface area contributed by atoms with E-state index >= 15 is 0 Å². The molecule has 0 fully saturated rings. The molecule has 0 saturated carbocycles. The summed E-state index contributed by atoms with van der Waals surface area (Å²) in [4.78, 5) is 22.6. The van der Waals surface area contributed by atoms with Crippen molar-refractivity contribution in [3.63, 3.8) is 0 Å². The van der Waals surface area contributed by atoms with Gasteiger partial charge in [-0.25, -0.2) is 0 Å². The second-order valence-electron chi connectivity index (χ2n) is 5.56. The molecular weight excluding hydrogens is 256 g/mol. The van der Waals surface area contributed by atoms with Crippen LogP contribution in [0.5, 0.6) is 0 Å². The highest BCUT2D eigenvalue weighted by atomic mass is 16.4. The Labute approximate surface area is 119 Å². The average Bonchev–Trinajstić information content (AvgIpc) is 2.37. The Hall–Kier alpha value is -1.88. The Kier molecular flexibility index (Phi) is 5.70. The number of carboxylic acids is 1. The lowest BCUT2D eigenvalue weighted by Gasteiger charge is -2.27. The van der Waals surface area contributed by atoms with Crippen LogP contribution in [-0.2, 0) is 16.0 Å². The molecule has 0 aromatic heterocycles. The van der Waals surface area contributed by atoms with E-state index in [1.54, 1.807) is 13.8 Å². The van der Waals surface area contributed by atoms with E-state index in [-0.39, 0.29) is 12.3 Å².